The normalized spacial score (nSPS) is 14.1. The molecule has 0 bridgehead atoms. The molecule has 1 N–H and O–H groups in total. The number of amides is 1. The number of aryl methyl sites for hydroxylation is 1. The average Bonchev–Trinajstić information content (AvgIpc) is 2.66. The van der Waals surface area contributed by atoms with E-state index in [1.807, 2.05) is 25.1 Å². The fourth-order valence-electron chi connectivity index (χ4n) is 3.33. The number of nitrogens with zero attached hydrogens (tertiary/aromatic N) is 1. The van der Waals surface area contributed by atoms with Crippen LogP contribution in [0.5, 0.6) is 0 Å². The van der Waals surface area contributed by atoms with Gasteiger partial charge in [-0.3, -0.25) is 9.52 Å². The summed E-state index contributed by atoms with van der Waals surface area (Å²) >= 11 is 0. The van der Waals surface area contributed by atoms with Crippen LogP contribution in [0, 0.1) is 0 Å². The van der Waals surface area contributed by atoms with Crippen LogP contribution in [-0.4, -0.2) is 20.9 Å². The molecule has 1 aliphatic rings. The Balaban J connectivity index is 1.88. The van der Waals surface area contributed by atoms with Crippen molar-refractivity contribution in [2.24, 2.45) is 0 Å². The molecule has 0 atom stereocenters. The highest BCUT2D eigenvalue weighted by Gasteiger charge is 2.23. The van der Waals surface area contributed by atoms with Crippen LogP contribution in [0.25, 0.3) is 0 Å². The second-order valence-electron chi connectivity index (χ2n) is 7.18. The maximum atomic E-state index is 12.7. The first-order chi connectivity index (χ1) is 12.8. The molecule has 0 unspecified atom stereocenters. The van der Waals surface area contributed by atoms with Gasteiger partial charge in [0.05, 0.1) is 10.6 Å². The summed E-state index contributed by atoms with van der Waals surface area (Å²) < 4.78 is 28.1. The van der Waals surface area contributed by atoms with Crippen LogP contribution in [0.2, 0.25) is 0 Å². The summed E-state index contributed by atoms with van der Waals surface area (Å²) in [4.78, 5) is 14.2. The third-order valence-electron chi connectivity index (χ3n) is 4.92. The first-order valence-electron chi connectivity index (χ1n) is 9.38. The molecule has 6 heteroatoms. The fraction of sp³-hybridized carbons (Fsp3) is 0.381. The van der Waals surface area contributed by atoms with Crippen molar-refractivity contribution in [1.29, 1.82) is 0 Å². The van der Waals surface area contributed by atoms with E-state index in [1.54, 1.807) is 29.2 Å². The number of anilines is 2. The van der Waals surface area contributed by atoms with Gasteiger partial charge in [-0.05, 0) is 54.2 Å². The van der Waals surface area contributed by atoms with Gasteiger partial charge in [0, 0.05) is 18.7 Å². The first kappa shape index (κ1) is 19.4. The monoisotopic (exact) mass is 386 g/mol. The molecule has 1 heterocycles. The summed E-state index contributed by atoms with van der Waals surface area (Å²) in [5.74, 6) is 0.401. The summed E-state index contributed by atoms with van der Waals surface area (Å²) in [6, 6.07) is 12.4. The van der Waals surface area contributed by atoms with E-state index in [1.165, 1.54) is 0 Å². The third kappa shape index (κ3) is 4.16. The lowest BCUT2D eigenvalue weighted by molar-refractivity contribution is -0.118. The number of carbonyl (C=O) groups excluding carboxylic acids is 1. The Kier molecular flexibility index (Phi) is 5.56. The molecule has 3 rings (SSSR count). The lowest BCUT2D eigenvalue weighted by atomic mass is 10.0. The van der Waals surface area contributed by atoms with E-state index >= 15 is 0 Å². The number of hydrogen-bond acceptors (Lipinski definition) is 3. The summed E-state index contributed by atoms with van der Waals surface area (Å²) in [6.45, 7) is 6.65. The minimum atomic E-state index is -3.68. The van der Waals surface area contributed by atoms with Crippen molar-refractivity contribution in [2.75, 3.05) is 16.2 Å². The van der Waals surface area contributed by atoms with E-state index in [9.17, 15) is 13.2 Å². The predicted octanol–water partition coefficient (Wildman–Crippen LogP) is 4.30. The van der Waals surface area contributed by atoms with Crippen LogP contribution in [0.4, 0.5) is 11.4 Å². The third-order valence-corrected chi connectivity index (χ3v) is 6.31. The Bertz CT molecular complexity index is 934. The molecule has 0 saturated carbocycles. The molecule has 1 amide bonds. The van der Waals surface area contributed by atoms with Crippen LogP contribution in [-0.2, 0) is 21.2 Å². The Morgan fingerprint density at radius 2 is 1.85 bits per heavy atom. The van der Waals surface area contributed by atoms with E-state index < -0.39 is 10.0 Å². The number of benzene rings is 2. The van der Waals surface area contributed by atoms with Gasteiger partial charge in [0.15, 0.2) is 0 Å². The molecular formula is C21H26N2O3S. The molecule has 27 heavy (non-hydrogen) atoms. The second kappa shape index (κ2) is 7.72. The van der Waals surface area contributed by atoms with E-state index in [-0.39, 0.29) is 10.8 Å². The zero-order valence-electron chi connectivity index (χ0n) is 16.0. The van der Waals surface area contributed by atoms with Crippen molar-refractivity contribution in [3.63, 3.8) is 0 Å². The molecule has 144 valence electrons. The number of sulfonamides is 1. The SMILES string of the molecule is CCC(=O)N1CCCc2ccc(NS(=O)(=O)c3ccc(C(C)C)cc3)cc21. The summed E-state index contributed by atoms with van der Waals surface area (Å²) in [7, 11) is -3.68. The minimum absolute atomic E-state index is 0.0558. The van der Waals surface area contributed by atoms with E-state index in [2.05, 4.69) is 18.6 Å². The highest BCUT2D eigenvalue weighted by molar-refractivity contribution is 7.92. The standard InChI is InChI=1S/C21H26N2O3S/c1-4-21(24)23-13-5-6-17-7-10-18(14-20(17)23)22-27(25,26)19-11-8-16(9-12-19)15(2)3/h7-12,14-15,22H,4-6,13H2,1-3H3. The molecular weight excluding hydrogens is 360 g/mol. The minimum Gasteiger partial charge on any atom is -0.312 e. The zero-order valence-corrected chi connectivity index (χ0v) is 16.8. The largest absolute Gasteiger partial charge is 0.312 e. The molecule has 0 aliphatic carbocycles. The fourth-order valence-corrected chi connectivity index (χ4v) is 4.38. The van der Waals surface area contributed by atoms with Crippen molar-refractivity contribution in [1.82, 2.24) is 0 Å². The molecule has 0 spiro atoms. The molecule has 5 nitrogen and oxygen atoms in total. The number of rotatable bonds is 5. The summed E-state index contributed by atoms with van der Waals surface area (Å²) in [5.41, 5.74) is 3.45. The van der Waals surface area contributed by atoms with Crippen molar-refractivity contribution in [2.45, 2.75) is 50.8 Å². The lowest BCUT2D eigenvalue weighted by Gasteiger charge is -2.29. The lowest BCUT2D eigenvalue weighted by Crippen LogP contribution is -2.35. The smallest absolute Gasteiger partial charge is 0.261 e. The van der Waals surface area contributed by atoms with Crippen LogP contribution in [0.1, 0.15) is 50.7 Å². The van der Waals surface area contributed by atoms with Gasteiger partial charge >= 0.3 is 0 Å². The van der Waals surface area contributed by atoms with E-state index in [0.717, 1.165) is 29.7 Å². The van der Waals surface area contributed by atoms with E-state index in [0.29, 0.717) is 24.6 Å². The number of carbonyl (C=O) groups is 1. The van der Waals surface area contributed by atoms with Crippen molar-refractivity contribution < 1.29 is 13.2 Å². The van der Waals surface area contributed by atoms with Gasteiger partial charge in [-0.25, -0.2) is 8.42 Å². The van der Waals surface area contributed by atoms with Crippen LogP contribution in [0.3, 0.4) is 0 Å². The van der Waals surface area contributed by atoms with Crippen LogP contribution in [0.15, 0.2) is 47.4 Å². The van der Waals surface area contributed by atoms with Gasteiger partial charge in [0.1, 0.15) is 0 Å². The molecule has 2 aromatic rings. The quantitative estimate of drug-likeness (QED) is 0.833. The van der Waals surface area contributed by atoms with Crippen LogP contribution >= 0.6 is 0 Å². The van der Waals surface area contributed by atoms with Crippen molar-refractivity contribution in [3.8, 4) is 0 Å². The van der Waals surface area contributed by atoms with Gasteiger partial charge in [0.2, 0.25) is 5.91 Å². The molecule has 0 radical (unpaired) electrons. The first-order valence-corrected chi connectivity index (χ1v) is 10.9. The maximum absolute atomic E-state index is 12.7. The number of nitrogens with one attached hydrogen (secondary N) is 1. The second-order valence-corrected chi connectivity index (χ2v) is 8.86. The van der Waals surface area contributed by atoms with Crippen molar-refractivity contribution >= 4 is 27.3 Å². The highest BCUT2D eigenvalue weighted by atomic mass is 32.2. The summed E-state index contributed by atoms with van der Waals surface area (Å²) in [6.07, 6.45) is 2.25. The number of hydrogen-bond donors (Lipinski definition) is 1. The molecule has 0 aromatic heterocycles. The number of fused-ring (bicyclic) bond motifs is 1. The molecule has 2 aromatic carbocycles. The Labute approximate surface area is 161 Å². The zero-order chi connectivity index (χ0) is 19.6. The van der Waals surface area contributed by atoms with E-state index in [4.69, 9.17) is 0 Å². The van der Waals surface area contributed by atoms with Gasteiger partial charge in [0.25, 0.3) is 10.0 Å². The maximum Gasteiger partial charge on any atom is 0.261 e. The van der Waals surface area contributed by atoms with Gasteiger partial charge in [-0.15, -0.1) is 0 Å². The van der Waals surface area contributed by atoms with Gasteiger partial charge < -0.3 is 4.90 Å². The highest BCUT2D eigenvalue weighted by Crippen LogP contribution is 2.31. The Morgan fingerprint density at radius 1 is 1.15 bits per heavy atom. The van der Waals surface area contributed by atoms with Crippen molar-refractivity contribution in [3.05, 3.63) is 53.6 Å². The Morgan fingerprint density at radius 3 is 2.48 bits per heavy atom. The predicted molar refractivity (Wildman–Crippen MR) is 109 cm³/mol. The molecule has 0 fully saturated rings. The molecule has 1 aliphatic heterocycles. The van der Waals surface area contributed by atoms with Gasteiger partial charge in [-0.1, -0.05) is 39.0 Å². The Hall–Kier alpha value is -2.34. The molecule has 0 saturated heterocycles. The summed E-state index contributed by atoms with van der Waals surface area (Å²) in [5, 5.41) is 0. The van der Waals surface area contributed by atoms with Gasteiger partial charge in [-0.2, -0.15) is 0 Å². The average molecular weight is 387 g/mol. The topological polar surface area (TPSA) is 66.5 Å². The van der Waals surface area contributed by atoms with Crippen LogP contribution < -0.4 is 9.62 Å².